The average molecular weight is 469 g/mol. The van der Waals surface area contributed by atoms with Gasteiger partial charge in [0.1, 0.15) is 18.2 Å². The van der Waals surface area contributed by atoms with E-state index in [9.17, 15) is 24.1 Å². The first kappa shape index (κ1) is 22.5. The van der Waals surface area contributed by atoms with E-state index in [1.807, 2.05) is 0 Å². The van der Waals surface area contributed by atoms with Crippen LogP contribution in [0.1, 0.15) is 32.7 Å². The second-order valence-corrected chi connectivity index (χ2v) is 8.47. The summed E-state index contributed by atoms with van der Waals surface area (Å²) in [5.41, 5.74) is 2.67. The van der Waals surface area contributed by atoms with Crippen LogP contribution in [0.4, 0.5) is 15.9 Å². The second kappa shape index (κ2) is 9.41. The molecule has 170 valence electrons. The van der Waals surface area contributed by atoms with Crippen LogP contribution < -0.4 is 10.6 Å². The first-order chi connectivity index (χ1) is 15.8. The Bertz CT molecular complexity index is 1240. The van der Waals surface area contributed by atoms with Crippen molar-refractivity contribution in [2.45, 2.75) is 31.5 Å². The smallest absolute Gasteiger partial charge is 0.273 e. The zero-order valence-electron chi connectivity index (χ0n) is 17.6. The molecule has 0 atom stereocenters. The van der Waals surface area contributed by atoms with Crippen LogP contribution in [0.15, 0.2) is 42.5 Å². The van der Waals surface area contributed by atoms with E-state index in [1.54, 1.807) is 23.9 Å². The van der Waals surface area contributed by atoms with Crippen molar-refractivity contribution < 1.29 is 18.9 Å². The SMILES string of the molecule is Cc1c(C(=O)Nc2c3c(nn2CC(=O)NCc2ccc(F)cc2)CSC3)cccc1[N+](=O)[O-]. The predicted octanol–water partition coefficient (Wildman–Crippen LogP) is 3.55. The molecule has 11 heteroatoms. The molecule has 3 aromatic rings. The van der Waals surface area contributed by atoms with Crippen molar-refractivity contribution in [2.24, 2.45) is 0 Å². The van der Waals surface area contributed by atoms with Gasteiger partial charge in [0.25, 0.3) is 11.6 Å². The molecule has 0 radical (unpaired) electrons. The number of amides is 2. The van der Waals surface area contributed by atoms with E-state index in [0.717, 1.165) is 16.8 Å². The van der Waals surface area contributed by atoms with E-state index in [1.165, 1.54) is 41.9 Å². The van der Waals surface area contributed by atoms with Gasteiger partial charge in [-0.15, -0.1) is 0 Å². The molecule has 2 aromatic carbocycles. The standard InChI is InChI=1S/C22H20FN5O4S/c1-13-16(3-2-4-19(13)28(31)32)22(30)25-21-17-11-33-12-18(17)26-27(21)10-20(29)24-9-14-5-7-15(23)8-6-14/h2-8H,9-12H2,1H3,(H,24,29)(H,25,30). The summed E-state index contributed by atoms with van der Waals surface area (Å²) in [6.45, 7) is 1.63. The Morgan fingerprint density at radius 3 is 2.70 bits per heavy atom. The number of nitrogens with zero attached hydrogens (tertiary/aromatic N) is 3. The van der Waals surface area contributed by atoms with Gasteiger partial charge in [-0.3, -0.25) is 19.7 Å². The highest BCUT2D eigenvalue weighted by atomic mass is 32.2. The van der Waals surface area contributed by atoms with Crippen LogP contribution in [0.5, 0.6) is 0 Å². The monoisotopic (exact) mass is 469 g/mol. The first-order valence-corrected chi connectivity index (χ1v) is 11.2. The van der Waals surface area contributed by atoms with E-state index >= 15 is 0 Å². The van der Waals surface area contributed by atoms with E-state index in [2.05, 4.69) is 15.7 Å². The Kier molecular flexibility index (Phi) is 6.40. The summed E-state index contributed by atoms with van der Waals surface area (Å²) in [6, 6.07) is 10.1. The fourth-order valence-corrected chi connectivity index (χ4v) is 4.59. The van der Waals surface area contributed by atoms with Gasteiger partial charge in [0.2, 0.25) is 5.91 Å². The van der Waals surface area contributed by atoms with Gasteiger partial charge in [0.15, 0.2) is 0 Å². The van der Waals surface area contributed by atoms with Gasteiger partial charge in [-0.25, -0.2) is 9.07 Å². The molecule has 1 aliphatic heterocycles. The van der Waals surface area contributed by atoms with Crippen LogP contribution >= 0.6 is 11.8 Å². The number of hydrogen-bond acceptors (Lipinski definition) is 6. The highest BCUT2D eigenvalue weighted by Crippen LogP contribution is 2.35. The normalized spacial score (nSPS) is 12.3. The molecule has 0 bridgehead atoms. The van der Waals surface area contributed by atoms with Crippen LogP contribution in [0, 0.1) is 22.9 Å². The van der Waals surface area contributed by atoms with Crippen molar-refractivity contribution in [3.63, 3.8) is 0 Å². The Hall–Kier alpha value is -3.73. The zero-order chi connectivity index (χ0) is 23.5. The average Bonchev–Trinajstić information content (AvgIpc) is 3.35. The number of aromatic nitrogens is 2. The molecule has 33 heavy (non-hydrogen) atoms. The second-order valence-electron chi connectivity index (χ2n) is 7.49. The number of rotatable bonds is 7. The Morgan fingerprint density at radius 2 is 1.97 bits per heavy atom. The summed E-state index contributed by atoms with van der Waals surface area (Å²) < 4.78 is 14.5. The third-order valence-electron chi connectivity index (χ3n) is 5.29. The summed E-state index contributed by atoms with van der Waals surface area (Å²) in [5.74, 6) is 0.518. The number of hydrogen-bond donors (Lipinski definition) is 2. The lowest BCUT2D eigenvalue weighted by Crippen LogP contribution is -2.29. The van der Waals surface area contributed by atoms with Gasteiger partial charge in [0, 0.05) is 40.8 Å². The van der Waals surface area contributed by atoms with Crippen molar-refractivity contribution in [1.29, 1.82) is 0 Å². The van der Waals surface area contributed by atoms with Crippen molar-refractivity contribution in [2.75, 3.05) is 5.32 Å². The minimum Gasteiger partial charge on any atom is -0.350 e. The largest absolute Gasteiger partial charge is 0.350 e. The molecule has 0 spiro atoms. The number of nitro benzene ring substituents is 1. The van der Waals surface area contributed by atoms with Crippen LogP contribution in [-0.4, -0.2) is 26.5 Å². The number of halogens is 1. The van der Waals surface area contributed by atoms with Crippen molar-refractivity contribution in [3.05, 3.63) is 86.3 Å². The molecule has 0 saturated carbocycles. The molecule has 2 amide bonds. The van der Waals surface area contributed by atoms with E-state index in [0.29, 0.717) is 17.3 Å². The molecule has 0 saturated heterocycles. The summed E-state index contributed by atoms with van der Waals surface area (Å²) in [7, 11) is 0. The molecular weight excluding hydrogens is 449 g/mol. The van der Waals surface area contributed by atoms with Gasteiger partial charge in [-0.05, 0) is 30.7 Å². The quantitative estimate of drug-likeness (QED) is 0.403. The molecular formula is C22H20FN5O4S. The molecule has 0 unspecified atom stereocenters. The molecule has 9 nitrogen and oxygen atoms in total. The molecule has 1 aromatic heterocycles. The lowest BCUT2D eigenvalue weighted by Gasteiger charge is -2.12. The summed E-state index contributed by atoms with van der Waals surface area (Å²) in [6.07, 6.45) is 0. The third kappa shape index (κ3) is 4.87. The number of nitrogens with one attached hydrogen (secondary N) is 2. The van der Waals surface area contributed by atoms with Gasteiger partial charge in [0.05, 0.1) is 10.6 Å². The minimum absolute atomic E-state index is 0.123. The predicted molar refractivity (Wildman–Crippen MR) is 121 cm³/mol. The number of thioether (sulfide) groups is 1. The van der Waals surface area contributed by atoms with Crippen LogP contribution in [0.25, 0.3) is 0 Å². The van der Waals surface area contributed by atoms with Crippen LogP contribution in [0.2, 0.25) is 0 Å². The molecule has 2 N–H and O–H groups in total. The first-order valence-electron chi connectivity index (χ1n) is 10.1. The topological polar surface area (TPSA) is 119 Å². The summed E-state index contributed by atoms with van der Waals surface area (Å²) >= 11 is 1.64. The lowest BCUT2D eigenvalue weighted by atomic mass is 10.1. The maximum atomic E-state index is 13.0. The van der Waals surface area contributed by atoms with E-state index < -0.39 is 10.8 Å². The molecule has 2 heterocycles. The minimum atomic E-state index is -0.532. The number of benzene rings is 2. The highest BCUT2D eigenvalue weighted by Gasteiger charge is 2.26. The number of anilines is 1. The Morgan fingerprint density at radius 1 is 1.21 bits per heavy atom. The molecule has 4 rings (SSSR count). The molecule has 0 fully saturated rings. The maximum absolute atomic E-state index is 13.0. The van der Waals surface area contributed by atoms with Crippen molar-refractivity contribution in [3.8, 4) is 0 Å². The highest BCUT2D eigenvalue weighted by molar-refractivity contribution is 7.98. The lowest BCUT2D eigenvalue weighted by molar-refractivity contribution is -0.385. The molecule has 1 aliphatic rings. The molecule has 0 aliphatic carbocycles. The number of fused-ring (bicyclic) bond motifs is 1. The van der Waals surface area contributed by atoms with Crippen LogP contribution in [-0.2, 0) is 29.4 Å². The van der Waals surface area contributed by atoms with Gasteiger partial charge in [-0.1, -0.05) is 18.2 Å². The summed E-state index contributed by atoms with van der Waals surface area (Å²) in [4.78, 5) is 36.2. The van der Waals surface area contributed by atoms with Gasteiger partial charge in [-0.2, -0.15) is 16.9 Å². The zero-order valence-corrected chi connectivity index (χ0v) is 18.4. The van der Waals surface area contributed by atoms with Gasteiger partial charge >= 0.3 is 0 Å². The van der Waals surface area contributed by atoms with Crippen molar-refractivity contribution in [1.82, 2.24) is 15.1 Å². The Labute approximate surface area is 192 Å². The maximum Gasteiger partial charge on any atom is 0.273 e. The number of nitro groups is 1. The summed E-state index contributed by atoms with van der Waals surface area (Å²) in [5, 5.41) is 21.3. The fraction of sp³-hybridized carbons (Fsp3) is 0.227. The van der Waals surface area contributed by atoms with E-state index in [-0.39, 0.29) is 41.6 Å². The number of carbonyl (C=O) groups excluding carboxylic acids is 2. The fourth-order valence-electron chi connectivity index (χ4n) is 3.56. The van der Waals surface area contributed by atoms with Crippen LogP contribution in [0.3, 0.4) is 0 Å². The Balaban J connectivity index is 1.51. The van der Waals surface area contributed by atoms with E-state index in [4.69, 9.17) is 0 Å². The van der Waals surface area contributed by atoms with Crippen molar-refractivity contribution >= 4 is 35.1 Å². The number of carbonyl (C=O) groups is 2. The third-order valence-corrected chi connectivity index (χ3v) is 6.26. The van der Waals surface area contributed by atoms with Gasteiger partial charge < -0.3 is 10.6 Å².